The van der Waals surface area contributed by atoms with Crippen molar-refractivity contribution in [2.45, 2.75) is 0 Å². The van der Waals surface area contributed by atoms with Crippen LogP contribution in [-0.2, 0) is 10.1 Å². The van der Waals surface area contributed by atoms with Crippen LogP contribution in [0.5, 0.6) is 0 Å². The summed E-state index contributed by atoms with van der Waals surface area (Å²) in [6, 6.07) is 24.4. The van der Waals surface area contributed by atoms with Gasteiger partial charge in [0.1, 0.15) is 5.69 Å². The number of hydrogen-bond acceptors (Lipinski definition) is 4. The quantitative estimate of drug-likeness (QED) is 0.315. The number of pyridine rings is 1. The maximum atomic E-state index is 9.08. The topological polar surface area (TPSA) is 86.7 Å². The molecule has 138 valence electrons. The Balaban J connectivity index is 0.000000376. The summed E-state index contributed by atoms with van der Waals surface area (Å²) < 4.78 is 27.2. The van der Waals surface area contributed by atoms with Crippen LogP contribution >= 0.6 is 11.6 Å². The third-order valence-corrected chi connectivity index (χ3v) is 4.02. The van der Waals surface area contributed by atoms with Crippen LogP contribution in [0.25, 0.3) is 21.8 Å². The second-order valence-corrected chi connectivity index (χ2v) is 7.81. The number of fused-ring (bicyclic) bond motifs is 2. The first-order valence-corrected chi connectivity index (χ1v) is 10.3. The molecule has 0 atom stereocenters. The number of hydrogen-bond donors (Lipinski definition) is 1. The Kier molecular flexibility index (Phi) is 5.72. The van der Waals surface area contributed by atoms with E-state index in [9.17, 15) is 0 Å². The minimum absolute atomic E-state index is 0.604. The number of quaternary nitrogens is 1. The van der Waals surface area contributed by atoms with Crippen LogP contribution < -0.4 is 5.32 Å². The lowest BCUT2D eigenvalue weighted by Gasteiger charge is -2.08. The van der Waals surface area contributed by atoms with Crippen molar-refractivity contribution in [3.63, 3.8) is 0 Å². The van der Waals surface area contributed by atoms with Gasteiger partial charge in [-0.3, -0.25) is 5.32 Å². The van der Waals surface area contributed by atoms with Crippen molar-refractivity contribution in [2.24, 2.45) is 0 Å². The summed E-state index contributed by atoms with van der Waals surface area (Å²) in [6.07, 6.45) is 0.604. The molecule has 0 bridgehead atoms. The van der Waals surface area contributed by atoms with Gasteiger partial charge in [0.15, 0.2) is 5.69 Å². The average Bonchev–Trinajstić information content (AvgIpc) is 2.60. The van der Waals surface area contributed by atoms with Crippen molar-refractivity contribution in [3.05, 3.63) is 77.8 Å². The minimum Gasteiger partial charge on any atom is -0.748 e. The zero-order chi connectivity index (χ0) is 19.4. The molecule has 1 heterocycles. The zero-order valence-electron chi connectivity index (χ0n) is 14.5. The van der Waals surface area contributed by atoms with Gasteiger partial charge >= 0.3 is 0 Å². The molecule has 27 heavy (non-hydrogen) atoms. The van der Waals surface area contributed by atoms with E-state index in [1.54, 1.807) is 0 Å². The Morgan fingerprint density at radius 3 is 1.93 bits per heavy atom. The number of nitrogens with two attached hydrogens (primary N) is 1. The van der Waals surface area contributed by atoms with Gasteiger partial charge in [0.25, 0.3) is 0 Å². The molecular weight excluding hydrogens is 384 g/mol. The summed E-state index contributed by atoms with van der Waals surface area (Å²) in [7, 11) is -3.92. The van der Waals surface area contributed by atoms with E-state index >= 15 is 0 Å². The molecule has 0 amide bonds. The van der Waals surface area contributed by atoms with Crippen molar-refractivity contribution < 1.29 is 18.3 Å². The van der Waals surface area contributed by atoms with Crippen molar-refractivity contribution in [1.29, 1.82) is 0 Å². The average molecular weight is 401 g/mol. The molecule has 7 heteroatoms. The van der Waals surface area contributed by atoms with E-state index in [-0.39, 0.29) is 0 Å². The highest BCUT2D eigenvalue weighted by atomic mass is 35.5. The fraction of sp³-hybridized carbons (Fsp3) is 0.0500. The summed E-state index contributed by atoms with van der Waals surface area (Å²) in [6.45, 7) is 0. The van der Waals surface area contributed by atoms with E-state index in [2.05, 4.69) is 35.6 Å². The molecule has 4 rings (SSSR count). The van der Waals surface area contributed by atoms with Crippen LogP contribution in [0.15, 0.2) is 72.8 Å². The third-order valence-electron chi connectivity index (χ3n) is 3.79. The van der Waals surface area contributed by atoms with E-state index in [1.807, 2.05) is 42.5 Å². The van der Waals surface area contributed by atoms with Gasteiger partial charge in [0.2, 0.25) is 0 Å². The molecule has 0 unspecified atom stereocenters. The molecular formula is C20H17ClN2O3S. The molecule has 0 aliphatic heterocycles. The fourth-order valence-corrected chi connectivity index (χ4v) is 2.99. The van der Waals surface area contributed by atoms with E-state index in [1.165, 1.54) is 5.69 Å². The molecule has 1 aromatic heterocycles. The van der Waals surface area contributed by atoms with Gasteiger partial charge in [-0.05, 0) is 36.4 Å². The van der Waals surface area contributed by atoms with Gasteiger partial charge in [-0.15, -0.1) is 0 Å². The number of aromatic nitrogens is 1. The highest BCUT2D eigenvalue weighted by Crippen LogP contribution is 2.28. The van der Waals surface area contributed by atoms with Crippen LogP contribution in [0.2, 0.25) is 5.02 Å². The van der Waals surface area contributed by atoms with Gasteiger partial charge in [0.05, 0.1) is 31.9 Å². The zero-order valence-corrected chi connectivity index (χ0v) is 16.0. The lowest BCUT2D eigenvalue weighted by Crippen LogP contribution is -2.71. The molecule has 0 radical (unpaired) electrons. The van der Waals surface area contributed by atoms with Crippen LogP contribution in [0, 0.1) is 0 Å². The Morgan fingerprint density at radius 2 is 1.41 bits per heavy atom. The van der Waals surface area contributed by atoms with Crippen molar-refractivity contribution in [1.82, 2.24) is 4.98 Å². The highest BCUT2D eigenvalue weighted by Gasteiger charge is 2.13. The first-order valence-electron chi connectivity index (χ1n) is 8.10. The van der Waals surface area contributed by atoms with Gasteiger partial charge in [-0.2, -0.15) is 0 Å². The summed E-state index contributed by atoms with van der Waals surface area (Å²) >= 11 is 6.12. The Labute approximate surface area is 162 Å². The largest absolute Gasteiger partial charge is 0.748 e. The smallest absolute Gasteiger partial charge is 0.153 e. The number of benzene rings is 3. The van der Waals surface area contributed by atoms with Crippen molar-refractivity contribution in [2.75, 3.05) is 6.26 Å². The molecule has 0 aliphatic carbocycles. The number of nitrogens with zero attached hydrogens (tertiary/aromatic N) is 1. The molecule has 0 aliphatic rings. The fourth-order valence-electron chi connectivity index (χ4n) is 2.79. The Bertz CT molecular complexity index is 1150. The summed E-state index contributed by atoms with van der Waals surface area (Å²) in [5.74, 6) is 0. The normalized spacial score (nSPS) is 11.2. The van der Waals surface area contributed by atoms with Crippen molar-refractivity contribution in [3.8, 4) is 0 Å². The third kappa shape index (κ3) is 5.24. The lowest BCUT2D eigenvalue weighted by atomic mass is 10.1. The predicted octanol–water partition coefficient (Wildman–Crippen LogP) is 3.73. The maximum absolute atomic E-state index is 9.08. The molecule has 0 saturated carbocycles. The first kappa shape index (κ1) is 19.3. The van der Waals surface area contributed by atoms with Crippen LogP contribution in [0.3, 0.4) is 0 Å². The van der Waals surface area contributed by atoms with Gasteiger partial charge in [-0.1, -0.05) is 41.9 Å². The van der Waals surface area contributed by atoms with Gasteiger partial charge in [0, 0.05) is 17.3 Å². The van der Waals surface area contributed by atoms with Gasteiger partial charge < -0.3 is 4.55 Å². The SMILES string of the molecule is CS(=O)(=O)[O-].Clc1cccc([NH2+]c2c3ccccc3nc3ccccc23)c1. The molecule has 0 fully saturated rings. The monoisotopic (exact) mass is 400 g/mol. The molecule has 5 nitrogen and oxygen atoms in total. The van der Waals surface area contributed by atoms with E-state index in [0.717, 1.165) is 32.5 Å². The molecule has 0 saturated heterocycles. The van der Waals surface area contributed by atoms with Crippen LogP contribution in [-0.4, -0.2) is 24.2 Å². The number of para-hydroxylation sites is 2. The van der Waals surface area contributed by atoms with Crippen LogP contribution in [0.4, 0.5) is 11.4 Å². The standard InChI is InChI=1S/C19H13ClN2.CH4O3S/c20-13-6-5-7-14(12-13)21-19-15-8-1-3-10-17(15)22-18-11-4-2-9-16(18)19;1-5(2,3)4/h1-12H,(H,21,22);1H3,(H,2,3,4). The summed E-state index contributed by atoms with van der Waals surface area (Å²) in [5.41, 5.74) is 4.29. The summed E-state index contributed by atoms with van der Waals surface area (Å²) in [4.78, 5) is 4.75. The molecule has 0 spiro atoms. The number of halogens is 1. The van der Waals surface area contributed by atoms with Crippen molar-refractivity contribution >= 4 is 54.9 Å². The molecule has 3 aromatic carbocycles. The second kappa shape index (κ2) is 8.02. The Hall–Kier alpha value is -2.51. The lowest BCUT2D eigenvalue weighted by molar-refractivity contribution is -0.475. The number of rotatable bonds is 2. The van der Waals surface area contributed by atoms with Crippen LogP contribution in [0.1, 0.15) is 0 Å². The second-order valence-electron chi connectivity index (χ2n) is 5.96. The van der Waals surface area contributed by atoms with E-state index in [0.29, 0.717) is 6.26 Å². The minimum atomic E-state index is -3.92. The van der Waals surface area contributed by atoms with E-state index < -0.39 is 10.1 Å². The molecule has 4 aromatic rings. The maximum Gasteiger partial charge on any atom is 0.153 e. The van der Waals surface area contributed by atoms with Gasteiger partial charge in [-0.25, -0.2) is 13.4 Å². The highest BCUT2D eigenvalue weighted by molar-refractivity contribution is 7.84. The molecule has 2 N–H and O–H groups in total. The predicted molar refractivity (Wildman–Crippen MR) is 108 cm³/mol. The first-order chi connectivity index (χ1) is 12.8. The summed E-state index contributed by atoms with van der Waals surface area (Å²) in [5, 5.41) is 5.23. The Morgan fingerprint density at radius 1 is 0.889 bits per heavy atom. The van der Waals surface area contributed by atoms with E-state index in [4.69, 9.17) is 29.6 Å².